The number of aliphatic hydroxyl groups is 1. The summed E-state index contributed by atoms with van der Waals surface area (Å²) >= 11 is 0. The Labute approximate surface area is 158 Å². The van der Waals surface area contributed by atoms with Gasteiger partial charge in [-0.3, -0.25) is 4.90 Å². The van der Waals surface area contributed by atoms with E-state index in [2.05, 4.69) is 18.7 Å². The first-order chi connectivity index (χ1) is 11.6. The highest BCUT2D eigenvalue weighted by Gasteiger charge is 2.32. The van der Waals surface area contributed by atoms with Crippen LogP contribution < -0.4 is 0 Å². The van der Waals surface area contributed by atoms with Crippen molar-refractivity contribution < 1.29 is 5.11 Å². The second-order valence-electron chi connectivity index (χ2n) is 7.21. The largest absolute Gasteiger partial charge is 0.380 e. The molecule has 2 unspecified atom stereocenters. The van der Waals surface area contributed by atoms with Crippen molar-refractivity contribution in [1.29, 1.82) is 0 Å². The lowest BCUT2D eigenvalue weighted by atomic mass is 9.82. The average Bonchev–Trinajstić information content (AvgIpc) is 2.95. The van der Waals surface area contributed by atoms with Crippen LogP contribution in [0.5, 0.6) is 0 Å². The summed E-state index contributed by atoms with van der Waals surface area (Å²) in [5.74, 6) is 0. The van der Waals surface area contributed by atoms with Gasteiger partial charge < -0.3 is 5.11 Å². The van der Waals surface area contributed by atoms with Crippen molar-refractivity contribution in [2.75, 3.05) is 6.54 Å². The second-order valence-corrected chi connectivity index (χ2v) is 7.21. The Balaban J connectivity index is 0.00000225. The summed E-state index contributed by atoms with van der Waals surface area (Å²) in [6.45, 7) is 5.71. The minimum Gasteiger partial charge on any atom is -0.380 e. The number of rotatable bonds is 6. The summed E-state index contributed by atoms with van der Waals surface area (Å²) in [7, 11) is 0. The Morgan fingerprint density at radius 2 is 1.32 bits per heavy atom. The van der Waals surface area contributed by atoms with E-state index in [-0.39, 0.29) is 12.4 Å². The second kappa shape index (κ2) is 8.84. The Morgan fingerprint density at radius 3 is 1.76 bits per heavy atom. The molecule has 1 aliphatic heterocycles. The van der Waals surface area contributed by atoms with Gasteiger partial charge in [-0.05, 0) is 57.2 Å². The molecule has 1 heterocycles. The molecule has 136 valence electrons. The van der Waals surface area contributed by atoms with Crippen molar-refractivity contribution in [3.05, 3.63) is 71.8 Å². The third-order valence-electron chi connectivity index (χ3n) is 5.59. The lowest BCUT2D eigenvalue weighted by Crippen LogP contribution is -2.35. The van der Waals surface area contributed by atoms with Gasteiger partial charge in [0.05, 0.1) is 0 Å². The van der Waals surface area contributed by atoms with Gasteiger partial charge in [0.15, 0.2) is 0 Å². The summed E-state index contributed by atoms with van der Waals surface area (Å²) in [5.41, 5.74) is 1.06. The normalized spacial score (nSPS) is 21.1. The number of hydrogen-bond donors (Lipinski definition) is 1. The van der Waals surface area contributed by atoms with E-state index in [1.807, 2.05) is 60.7 Å². The van der Waals surface area contributed by atoms with Crippen molar-refractivity contribution in [3.8, 4) is 0 Å². The highest BCUT2D eigenvalue weighted by molar-refractivity contribution is 5.85. The van der Waals surface area contributed by atoms with Crippen LogP contribution in [-0.4, -0.2) is 28.6 Å². The molecule has 3 heteroatoms. The molecule has 1 aliphatic rings. The van der Waals surface area contributed by atoms with E-state index in [1.54, 1.807) is 0 Å². The monoisotopic (exact) mass is 359 g/mol. The summed E-state index contributed by atoms with van der Waals surface area (Å²) in [5, 5.41) is 11.5. The third-order valence-corrected chi connectivity index (χ3v) is 5.59. The van der Waals surface area contributed by atoms with Crippen LogP contribution in [-0.2, 0) is 5.60 Å². The van der Waals surface area contributed by atoms with Crippen LogP contribution in [0.2, 0.25) is 0 Å². The maximum Gasteiger partial charge on any atom is 0.115 e. The van der Waals surface area contributed by atoms with E-state index in [0.717, 1.165) is 30.5 Å². The van der Waals surface area contributed by atoms with Gasteiger partial charge in [-0.1, -0.05) is 60.7 Å². The van der Waals surface area contributed by atoms with E-state index in [0.29, 0.717) is 12.1 Å². The van der Waals surface area contributed by atoms with Gasteiger partial charge in [0.25, 0.3) is 0 Å². The van der Waals surface area contributed by atoms with Crippen LogP contribution in [0.1, 0.15) is 50.7 Å². The molecule has 0 amide bonds. The minimum absolute atomic E-state index is 0. The molecule has 0 radical (unpaired) electrons. The zero-order chi connectivity index (χ0) is 17.0. The highest BCUT2D eigenvalue weighted by atomic mass is 35.5. The molecule has 1 N–H and O–H groups in total. The lowest BCUT2D eigenvalue weighted by molar-refractivity contribution is 0.0626. The van der Waals surface area contributed by atoms with Gasteiger partial charge >= 0.3 is 0 Å². The molecule has 2 aromatic carbocycles. The number of nitrogens with zero attached hydrogens (tertiary/aromatic N) is 1. The molecule has 3 rings (SSSR count). The van der Waals surface area contributed by atoms with Gasteiger partial charge in [0, 0.05) is 12.1 Å². The maximum atomic E-state index is 11.5. The summed E-state index contributed by atoms with van der Waals surface area (Å²) < 4.78 is 0. The molecular weight excluding hydrogens is 330 g/mol. The fraction of sp³-hybridized carbons (Fsp3) is 0.455. The molecule has 1 saturated heterocycles. The molecule has 2 atom stereocenters. The molecule has 0 bridgehead atoms. The molecule has 25 heavy (non-hydrogen) atoms. The predicted molar refractivity (Wildman–Crippen MR) is 107 cm³/mol. The maximum absolute atomic E-state index is 11.5. The van der Waals surface area contributed by atoms with E-state index in [9.17, 15) is 5.11 Å². The SMILES string of the molecule is CC1CCC(C)N1CCCC(O)(c1ccccc1)c1ccccc1.Cl. The molecule has 2 aromatic rings. The highest BCUT2D eigenvalue weighted by Crippen LogP contribution is 2.34. The Morgan fingerprint density at radius 1 is 0.880 bits per heavy atom. The quantitative estimate of drug-likeness (QED) is 0.784. The molecule has 0 aromatic heterocycles. The average molecular weight is 360 g/mol. The van der Waals surface area contributed by atoms with Gasteiger partial charge in [0.1, 0.15) is 5.60 Å². The topological polar surface area (TPSA) is 23.5 Å². The van der Waals surface area contributed by atoms with Gasteiger partial charge in [-0.2, -0.15) is 0 Å². The van der Waals surface area contributed by atoms with Gasteiger partial charge in [0.2, 0.25) is 0 Å². The first kappa shape index (κ1) is 20.0. The number of halogens is 1. The van der Waals surface area contributed by atoms with Crippen LogP contribution in [0.15, 0.2) is 60.7 Å². The number of likely N-dealkylation sites (tertiary alicyclic amines) is 1. The fourth-order valence-electron chi connectivity index (χ4n) is 4.09. The Hall–Kier alpha value is -1.35. The van der Waals surface area contributed by atoms with E-state index < -0.39 is 5.60 Å². The van der Waals surface area contributed by atoms with E-state index in [1.165, 1.54) is 12.8 Å². The van der Waals surface area contributed by atoms with E-state index in [4.69, 9.17) is 0 Å². The van der Waals surface area contributed by atoms with Crippen molar-refractivity contribution >= 4 is 12.4 Å². The van der Waals surface area contributed by atoms with Crippen LogP contribution in [0.25, 0.3) is 0 Å². The molecule has 0 saturated carbocycles. The van der Waals surface area contributed by atoms with Gasteiger partial charge in [-0.15, -0.1) is 12.4 Å². The molecular formula is C22H30ClNO. The first-order valence-electron chi connectivity index (χ1n) is 9.20. The van der Waals surface area contributed by atoms with E-state index >= 15 is 0 Å². The number of benzene rings is 2. The molecule has 1 fully saturated rings. The predicted octanol–water partition coefficient (Wildman–Crippen LogP) is 5.00. The third kappa shape index (κ3) is 4.44. The minimum atomic E-state index is -0.908. The summed E-state index contributed by atoms with van der Waals surface area (Å²) in [6.07, 6.45) is 4.33. The van der Waals surface area contributed by atoms with Crippen molar-refractivity contribution in [1.82, 2.24) is 4.90 Å². The zero-order valence-electron chi connectivity index (χ0n) is 15.3. The fourth-order valence-corrected chi connectivity index (χ4v) is 4.09. The van der Waals surface area contributed by atoms with Crippen molar-refractivity contribution in [2.24, 2.45) is 0 Å². The first-order valence-corrected chi connectivity index (χ1v) is 9.20. The van der Waals surface area contributed by atoms with Gasteiger partial charge in [-0.25, -0.2) is 0 Å². The Bertz CT molecular complexity index is 581. The summed E-state index contributed by atoms with van der Waals surface area (Å²) in [4.78, 5) is 2.59. The molecule has 2 nitrogen and oxygen atoms in total. The lowest BCUT2D eigenvalue weighted by Gasteiger charge is -2.32. The smallest absolute Gasteiger partial charge is 0.115 e. The summed E-state index contributed by atoms with van der Waals surface area (Å²) in [6, 6.07) is 21.5. The zero-order valence-corrected chi connectivity index (χ0v) is 16.1. The standard InChI is InChI=1S/C22H29NO.ClH/c1-18-14-15-19(2)23(18)17-9-16-22(24,20-10-5-3-6-11-20)21-12-7-4-8-13-21;/h3-8,10-13,18-19,24H,9,14-17H2,1-2H3;1H. The van der Waals surface area contributed by atoms with Crippen LogP contribution >= 0.6 is 12.4 Å². The molecule has 0 spiro atoms. The van der Waals surface area contributed by atoms with Crippen LogP contribution in [0.4, 0.5) is 0 Å². The van der Waals surface area contributed by atoms with Crippen molar-refractivity contribution in [2.45, 2.75) is 57.2 Å². The number of hydrogen-bond acceptors (Lipinski definition) is 2. The van der Waals surface area contributed by atoms with Crippen LogP contribution in [0, 0.1) is 0 Å². The molecule has 0 aliphatic carbocycles. The van der Waals surface area contributed by atoms with Crippen molar-refractivity contribution in [3.63, 3.8) is 0 Å². The van der Waals surface area contributed by atoms with Crippen LogP contribution in [0.3, 0.4) is 0 Å². The Kier molecular flexibility index (Phi) is 7.06.